The SMILES string of the molecule is COc1ccc(CC(=O)c2ccccc2C)cc1OC. The van der Waals surface area contributed by atoms with Crippen molar-refractivity contribution in [1.29, 1.82) is 0 Å². The summed E-state index contributed by atoms with van der Waals surface area (Å²) in [6.45, 7) is 1.95. The Bertz CT molecular complexity index is 617. The summed E-state index contributed by atoms with van der Waals surface area (Å²) in [4.78, 5) is 12.3. The third-order valence-corrected chi connectivity index (χ3v) is 3.26. The van der Waals surface area contributed by atoms with Crippen molar-refractivity contribution in [2.75, 3.05) is 14.2 Å². The smallest absolute Gasteiger partial charge is 0.167 e. The zero-order valence-electron chi connectivity index (χ0n) is 12.0. The molecule has 0 N–H and O–H groups in total. The molecular weight excluding hydrogens is 252 g/mol. The van der Waals surface area contributed by atoms with E-state index in [-0.39, 0.29) is 5.78 Å². The van der Waals surface area contributed by atoms with Crippen LogP contribution in [0.25, 0.3) is 0 Å². The van der Waals surface area contributed by atoms with Gasteiger partial charge in [0.05, 0.1) is 14.2 Å². The number of hydrogen-bond acceptors (Lipinski definition) is 3. The first kappa shape index (κ1) is 14.1. The van der Waals surface area contributed by atoms with Gasteiger partial charge >= 0.3 is 0 Å². The maximum absolute atomic E-state index is 12.3. The fourth-order valence-corrected chi connectivity index (χ4v) is 2.16. The van der Waals surface area contributed by atoms with Crippen LogP contribution in [0.15, 0.2) is 42.5 Å². The van der Waals surface area contributed by atoms with Crippen molar-refractivity contribution in [2.45, 2.75) is 13.3 Å². The minimum absolute atomic E-state index is 0.107. The number of ether oxygens (including phenoxy) is 2. The monoisotopic (exact) mass is 270 g/mol. The van der Waals surface area contributed by atoms with Crippen LogP contribution >= 0.6 is 0 Å². The van der Waals surface area contributed by atoms with Gasteiger partial charge in [0.15, 0.2) is 17.3 Å². The predicted octanol–water partition coefficient (Wildman–Crippen LogP) is 3.44. The first-order valence-electron chi connectivity index (χ1n) is 6.45. The minimum Gasteiger partial charge on any atom is -0.493 e. The molecule has 2 aromatic carbocycles. The van der Waals surface area contributed by atoms with Gasteiger partial charge in [-0.05, 0) is 30.2 Å². The highest BCUT2D eigenvalue weighted by atomic mass is 16.5. The van der Waals surface area contributed by atoms with Crippen LogP contribution in [0.3, 0.4) is 0 Å². The minimum atomic E-state index is 0.107. The molecule has 0 fully saturated rings. The number of carbonyl (C=O) groups is 1. The van der Waals surface area contributed by atoms with Gasteiger partial charge in [-0.25, -0.2) is 0 Å². The van der Waals surface area contributed by atoms with E-state index in [1.165, 1.54) is 0 Å². The number of benzene rings is 2. The highest BCUT2D eigenvalue weighted by Gasteiger charge is 2.11. The van der Waals surface area contributed by atoms with E-state index in [0.29, 0.717) is 17.9 Å². The molecule has 0 heterocycles. The van der Waals surface area contributed by atoms with Crippen molar-refractivity contribution >= 4 is 5.78 Å². The average molecular weight is 270 g/mol. The van der Waals surface area contributed by atoms with E-state index >= 15 is 0 Å². The Balaban J connectivity index is 2.22. The third-order valence-electron chi connectivity index (χ3n) is 3.26. The van der Waals surface area contributed by atoms with Gasteiger partial charge in [-0.3, -0.25) is 4.79 Å². The second-order valence-electron chi connectivity index (χ2n) is 4.60. The van der Waals surface area contributed by atoms with E-state index in [1.54, 1.807) is 14.2 Å². The molecule has 0 saturated heterocycles. The standard InChI is InChI=1S/C17H18O3/c1-12-6-4-5-7-14(12)15(18)10-13-8-9-16(19-2)17(11-13)20-3/h4-9,11H,10H2,1-3H3. The highest BCUT2D eigenvalue weighted by Crippen LogP contribution is 2.28. The van der Waals surface area contributed by atoms with Crippen molar-refractivity contribution in [3.05, 3.63) is 59.2 Å². The molecule has 0 amide bonds. The molecule has 0 aliphatic carbocycles. The lowest BCUT2D eigenvalue weighted by atomic mass is 9.99. The van der Waals surface area contributed by atoms with Gasteiger partial charge in [-0.2, -0.15) is 0 Å². The van der Waals surface area contributed by atoms with E-state index < -0.39 is 0 Å². The fraction of sp³-hybridized carbons (Fsp3) is 0.235. The van der Waals surface area contributed by atoms with Crippen molar-refractivity contribution in [1.82, 2.24) is 0 Å². The summed E-state index contributed by atoms with van der Waals surface area (Å²) in [5.41, 5.74) is 2.68. The summed E-state index contributed by atoms with van der Waals surface area (Å²) >= 11 is 0. The Morgan fingerprint density at radius 3 is 2.35 bits per heavy atom. The zero-order valence-corrected chi connectivity index (χ0v) is 12.0. The molecular formula is C17H18O3. The van der Waals surface area contributed by atoms with Gasteiger partial charge in [0.1, 0.15) is 0 Å². The second kappa shape index (κ2) is 6.24. The molecule has 0 aliphatic rings. The highest BCUT2D eigenvalue weighted by molar-refractivity contribution is 5.98. The van der Waals surface area contributed by atoms with Crippen LogP contribution in [0.4, 0.5) is 0 Å². The number of carbonyl (C=O) groups excluding carboxylic acids is 1. The summed E-state index contributed by atoms with van der Waals surface area (Å²) in [5.74, 6) is 1.41. The molecule has 0 aromatic heterocycles. The Morgan fingerprint density at radius 2 is 1.70 bits per heavy atom. The maximum Gasteiger partial charge on any atom is 0.167 e. The molecule has 3 heteroatoms. The van der Waals surface area contributed by atoms with Crippen LogP contribution in [0.2, 0.25) is 0 Å². The molecule has 3 nitrogen and oxygen atoms in total. The normalized spacial score (nSPS) is 10.2. The molecule has 0 atom stereocenters. The van der Waals surface area contributed by atoms with Crippen LogP contribution in [0.5, 0.6) is 11.5 Å². The molecule has 20 heavy (non-hydrogen) atoms. The van der Waals surface area contributed by atoms with E-state index in [1.807, 2.05) is 49.4 Å². The number of Topliss-reactive ketones (excluding diaryl/α,β-unsaturated/α-hetero) is 1. The first-order valence-corrected chi connectivity index (χ1v) is 6.45. The summed E-state index contributed by atoms with van der Waals surface area (Å²) in [5, 5.41) is 0. The number of hydrogen-bond donors (Lipinski definition) is 0. The van der Waals surface area contributed by atoms with Crippen LogP contribution in [-0.2, 0) is 6.42 Å². The van der Waals surface area contributed by atoms with Crippen molar-refractivity contribution in [3.63, 3.8) is 0 Å². The van der Waals surface area contributed by atoms with Crippen molar-refractivity contribution in [3.8, 4) is 11.5 Å². The number of rotatable bonds is 5. The van der Waals surface area contributed by atoms with E-state index in [9.17, 15) is 4.79 Å². The van der Waals surface area contributed by atoms with Gasteiger partial charge in [-0.1, -0.05) is 30.3 Å². The van der Waals surface area contributed by atoms with Gasteiger partial charge in [0.2, 0.25) is 0 Å². The average Bonchev–Trinajstić information content (AvgIpc) is 2.47. The van der Waals surface area contributed by atoms with Crippen LogP contribution in [0, 0.1) is 6.92 Å². The fourth-order valence-electron chi connectivity index (χ4n) is 2.16. The van der Waals surface area contributed by atoms with Gasteiger partial charge in [-0.15, -0.1) is 0 Å². The molecule has 0 radical (unpaired) electrons. The second-order valence-corrected chi connectivity index (χ2v) is 4.60. The van der Waals surface area contributed by atoms with E-state index in [4.69, 9.17) is 9.47 Å². The molecule has 2 rings (SSSR count). The van der Waals surface area contributed by atoms with Gasteiger partial charge in [0, 0.05) is 12.0 Å². The van der Waals surface area contributed by atoms with Crippen molar-refractivity contribution < 1.29 is 14.3 Å². The number of methoxy groups -OCH3 is 2. The molecule has 0 aliphatic heterocycles. The molecule has 2 aromatic rings. The van der Waals surface area contributed by atoms with E-state index in [0.717, 1.165) is 16.7 Å². The zero-order chi connectivity index (χ0) is 14.5. The largest absolute Gasteiger partial charge is 0.493 e. The summed E-state index contributed by atoms with van der Waals surface area (Å²) in [6, 6.07) is 13.2. The summed E-state index contributed by atoms with van der Waals surface area (Å²) in [7, 11) is 3.18. The molecule has 0 spiro atoms. The number of aryl methyl sites for hydroxylation is 1. The Hall–Kier alpha value is -2.29. The maximum atomic E-state index is 12.3. The lowest BCUT2D eigenvalue weighted by Crippen LogP contribution is -2.05. The topological polar surface area (TPSA) is 35.5 Å². The van der Waals surface area contributed by atoms with E-state index in [2.05, 4.69) is 0 Å². The van der Waals surface area contributed by atoms with Gasteiger partial charge < -0.3 is 9.47 Å². The molecule has 104 valence electrons. The Labute approximate surface area is 119 Å². The first-order chi connectivity index (χ1) is 9.65. The summed E-state index contributed by atoms with van der Waals surface area (Å²) < 4.78 is 10.4. The lowest BCUT2D eigenvalue weighted by Gasteiger charge is -2.10. The Kier molecular flexibility index (Phi) is 4.41. The number of ketones is 1. The summed E-state index contributed by atoms with van der Waals surface area (Å²) in [6.07, 6.45) is 0.352. The predicted molar refractivity (Wildman–Crippen MR) is 78.8 cm³/mol. The quantitative estimate of drug-likeness (QED) is 0.781. The third kappa shape index (κ3) is 2.99. The molecule has 0 bridgehead atoms. The molecule has 0 saturated carbocycles. The van der Waals surface area contributed by atoms with Crippen molar-refractivity contribution in [2.24, 2.45) is 0 Å². The Morgan fingerprint density at radius 1 is 1.00 bits per heavy atom. The van der Waals surface area contributed by atoms with Gasteiger partial charge in [0.25, 0.3) is 0 Å². The van der Waals surface area contributed by atoms with Crippen LogP contribution in [0.1, 0.15) is 21.5 Å². The molecule has 0 unspecified atom stereocenters. The van der Waals surface area contributed by atoms with Crippen LogP contribution < -0.4 is 9.47 Å². The lowest BCUT2D eigenvalue weighted by molar-refractivity contribution is 0.0992. The van der Waals surface area contributed by atoms with Crippen LogP contribution in [-0.4, -0.2) is 20.0 Å².